The molecule has 2 N–H and O–H groups in total. The van der Waals surface area contributed by atoms with Crippen LogP contribution in [0.25, 0.3) is 0 Å². The van der Waals surface area contributed by atoms with Gasteiger partial charge in [-0.05, 0) is 25.8 Å². The van der Waals surface area contributed by atoms with Crippen LogP contribution in [0.5, 0.6) is 0 Å². The van der Waals surface area contributed by atoms with Gasteiger partial charge in [0, 0.05) is 29.8 Å². The van der Waals surface area contributed by atoms with E-state index in [0.717, 1.165) is 11.5 Å². The number of rotatable bonds is 3. The van der Waals surface area contributed by atoms with Crippen molar-refractivity contribution < 1.29 is 0 Å². The van der Waals surface area contributed by atoms with Crippen LogP contribution in [-0.2, 0) is 0 Å². The van der Waals surface area contributed by atoms with Crippen molar-refractivity contribution >= 4 is 0 Å². The van der Waals surface area contributed by atoms with E-state index in [1.807, 2.05) is 6.92 Å². The maximum atomic E-state index is 5.65. The number of hydrogen-bond donors (Lipinski definition) is 1. The maximum absolute atomic E-state index is 5.65. The molecule has 0 bridgehead atoms. The molecule has 3 nitrogen and oxygen atoms in total. The van der Waals surface area contributed by atoms with Gasteiger partial charge >= 0.3 is 0 Å². The molecular formula is C12H19N3. The van der Waals surface area contributed by atoms with Gasteiger partial charge in [0.05, 0.1) is 0 Å². The van der Waals surface area contributed by atoms with Gasteiger partial charge in [-0.2, -0.15) is 0 Å². The molecule has 1 heterocycles. The van der Waals surface area contributed by atoms with E-state index in [1.54, 1.807) is 0 Å². The van der Waals surface area contributed by atoms with Gasteiger partial charge < -0.3 is 5.73 Å². The van der Waals surface area contributed by atoms with Gasteiger partial charge in [-0.25, -0.2) is 9.97 Å². The molecule has 1 aliphatic rings. The number of aromatic nitrogens is 2. The predicted molar refractivity (Wildman–Crippen MR) is 60.8 cm³/mol. The summed E-state index contributed by atoms with van der Waals surface area (Å²) >= 11 is 0. The lowest BCUT2D eigenvalue weighted by molar-refractivity contribution is 0.408. The number of hydrogen-bond acceptors (Lipinski definition) is 3. The molecular weight excluding hydrogens is 186 g/mol. The minimum atomic E-state index is 0.267. The van der Waals surface area contributed by atoms with Crippen molar-refractivity contribution in [3.63, 3.8) is 0 Å². The molecule has 0 saturated heterocycles. The van der Waals surface area contributed by atoms with Crippen LogP contribution in [-0.4, -0.2) is 16.5 Å². The first kappa shape index (κ1) is 10.6. The van der Waals surface area contributed by atoms with Crippen LogP contribution in [0.4, 0.5) is 0 Å². The van der Waals surface area contributed by atoms with Crippen molar-refractivity contribution in [2.45, 2.75) is 44.9 Å². The van der Waals surface area contributed by atoms with Crippen molar-refractivity contribution in [2.75, 3.05) is 6.54 Å². The average Bonchev–Trinajstić information content (AvgIpc) is 2.13. The largest absolute Gasteiger partial charge is 0.330 e. The Balaban J connectivity index is 2.27. The first-order chi connectivity index (χ1) is 7.20. The van der Waals surface area contributed by atoms with Crippen molar-refractivity contribution in [1.82, 2.24) is 9.97 Å². The Labute approximate surface area is 91.1 Å². The van der Waals surface area contributed by atoms with Gasteiger partial charge in [0.15, 0.2) is 0 Å². The Morgan fingerprint density at radius 2 is 2.20 bits per heavy atom. The zero-order valence-corrected chi connectivity index (χ0v) is 9.53. The molecule has 1 atom stereocenters. The predicted octanol–water partition coefficient (Wildman–Crippen LogP) is 2.11. The molecule has 3 heteroatoms. The molecule has 15 heavy (non-hydrogen) atoms. The summed E-state index contributed by atoms with van der Waals surface area (Å²) in [5, 5.41) is 0. The summed E-state index contributed by atoms with van der Waals surface area (Å²) in [4.78, 5) is 9.09. The van der Waals surface area contributed by atoms with Gasteiger partial charge in [0.2, 0.25) is 0 Å². The zero-order chi connectivity index (χ0) is 10.8. The highest BCUT2D eigenvalue weighted by atomic mass is 14.9. The minimum Gasteiger partial charge on any atom is -0.330 e. The molecule has 1 aromatic rings. The lowest BCUT2D eigenvalue weighted by Crippen LogP contribution is -2.17. The van der Waals surface area contributed by atoms with Crippen molar-refractivity contribution in [3.05, 3.63) is 23.3 Å². The number of nitrogens with two attached hydrogens (primary N) is 1. The molecule has 1 aliphatic carbocycles. The molecule has 1 saturated carbocycles. The van der Waals surface area contributed by atoms with E-state index < -0.39 is 0 Å². The number of aryl methyl sites for hydroxylation is 1. The van der Waals surface area contributed by atoms with Crippen molar-refractivity contribution in [3.8, 4) is 0 Å². The van der Waals surface area contributed by atoms with E-state index in [9.17, 15) is 0 Å². The first-order valence-electron chi connectivity index (χ1n) is 5.76. The van der Waals surface area contributed by atoms with E-state index in [4.69, 9.17) is 5.73 Å². The average molecular weight is 205 g/mol. The van der Waals surface area contributed by atoms with E-state index in [0.29, 0.717) is 12.5 Å². The number of nitrogens with zero attached hydrogens (tertiary/aromatic N) is 2. The molecule has 0 radical (unpaired) electrons. The van der Waals surface area contributed by atoms with Crippen LogP contribution in [0.2, 0.25) is 0 Å². The molecule has 0 amide bonds. The highest BCUT2D eigenvalue weighted by Gasteiger charge is 2.22. The summed E-state index contributed by atoms with van der Waals surface area (Å²) in [7, 11) is 0. The molecule has 1 aromatic heterocycles. The Morgan fingerprint density at radius 1 is 1.47 bits per heavy atom. The van der Waals surface area contributed by atoms with Crippen LogP contribution in [0.3, 0.4) is 0 Å². The molecule has 0 aliphatic heterocycles. The van der Waals surface area contributed by atoms with Gasteiger partial charge in [0.1, 0.15) is 5.82 Å². The quantitative estimate of drug-likeness (QED) is 0.822. The van der Waals surface area contributed by atoms with Crippen LogP contribution in [0, 0.1) is 6.92 Å². The molecule has 0 aromatic carbocycles. The Bertz CT molecular complexity index is 322. The molecule has 2 rings (SSSR count). The summed E-state index contributed by atoms with van der Waals surface area (Å²) in [6.45, 7) is 4.74. The summed E-state index contributed by atoms with van der Waals surface area (Å²) in [5.74, 6) is 1.86. The summed E-state index contributed by atoms with van der Waals surface area (Å²) < 4.78 is 0. The normalized spacial score (nSPS) is 18.6. The fraction of sp³-hybridized carbons (Fsp3) is 0.667. The van der Waals surface area contributed by atoms with Crippen LogP contribution in [0.15, 0.2) is 6.07 Å². The van der Waals surface area contributed by atoms with E-state index in [-0.39, 0.29) is 5.92 Å². The zero-order valence-electron chi connectivity index (χ0n) is 9.53. The second kappa shape index (κ2) is 4.27. The fourth-order valence-electron chi connectivity index (χ4n) is 1.86. The smallest absolute Gasteiger partial charge is 0.132 e. The molecule has 1 unspecified atom stereocenters. The third-order valence-corrected chi connectivity index (χ3v) is 3.21. The Morgan fingerprint density at radius 3 is 2.73 bits per heavy atom. The lowest BCUT2D eigenvalue weighted by Gasteiger charge is -2.25. The highest BCUT2D eigenvalue weighted by Crippen LogP contribution is 2.35. The fourth-order valence-corrected chi connectivity index (χ4v) is 1.86. The topological polar surface area (TPSA) is 51.8 Å². The van der Waals surface area contributed by atoms with Crippen LogP contribution >= 0.6 is 0 Å². The van der Waals surface area contributed by atoms with Gasteiger partial charge in [-0.15, -0.1) is 0 Å². The third-order valence-electron chi connectivity index (χ3n) is 3.21. The SMILES string of the molecule is Cc1cc(C2CCC2)nc(C(C)CN)n1. The van der Waals surface area contributed by atoms with E-state index >= 15 is 0 Å². The minimum absolute atomic E-state index is 0.267. The summed E-state index contributed by atoms with van der Waals surface area (Å²) in [5.41, 5.74) is 7.94. The standard InChI is InChI=1S/C12H19N3/c1-8(7-13)12-14-9(2)6-11(15-12)10-4-3-5-10/h6,8,10H,3-5,7,13H2,1-2H3. The van der Waals surface area contributed by atoms with Crippen molar-refractivity contribution in [1.29, 1.82) is 0 Å². The molecule has 82 valence electrons. The van der Waals surface area contributed by atoms with E-state index in [2.05, 4.69) is 23.0 Å². The molecule has 1 fully saturated rings. The second-order valence-corrected chi connectivity index (χ2v) is 4.56. The lowest BCUT2D eigenvalue weighted by atomic mass is 9.82. The highest BCUT2D eigenvalue weighted by molar-refractivity contribution is 5.17. The van der Waals surface area contributed by atoms with Crippen LogP contribution < -0.4 is 5.73 Å². The van der Waals surface area contributed by atoms with E-state index in [1.165, 1.54) is 25.0 Å². The second-order valence-electron chi connectivity index (χ2n) is 4.56. The maximum Gasteiger partial charge on any atom is 0.132 e. The van der Waals surface area contributed by atoms with Crippen molar-refractivity contribution in [2.24, 2.45) is 5.73 Å². The van der Waals surface area contributed by atoms with Gasteiger partial charge in [0.25, 0.3) is 0 Å². The first-order valence-corrected chi connectivity index (χ1v) is 5.76. The summed E-state index contributed by atoms with van der Waals surface area (Å²) in [6.07, 6.45) is 3.91. The Kier molecular flexibility index (Phi) is 3.00. The van der Waals surface area contributed by atoms with Gasteiger partial charge in [-0.3, -0.25) is 0 Å². The third kappa shape index (κ3) is 2.17. The summed E-state index contributed by atoms with van der Waals surface area (Å²) in [6, 6.07) is 2.12. The molecule has 0 spiro atoms. The van der Waals surface area contributed by atoms with Gasteiger partial charge in [-0.1, -0.05) is 13.3 Å². The monoisotopic (exact) mass is 205 g/mol. The Hall–Kier alpha value is -0.960. The van der Waals surface area contributed by atoms with Crippen LogP contribution in [0.1, 0.15) is 55.2 Å².